The van der Waals surface area contributed by atoms with Crippen LogP contribution in [0.3, 0.4) is 0 Å². The third-order valence-electron chi connectivity index (χ3n) is 3.80. The first-order chi connectivity index (χ1) is 9.52. The van der Waals surface area contributed by atoms with Crippen LogP contribution < -0.4 is 0 Å². The second kappa shape index (κ2) is 6.33. The standard InChI is InChI=1S/C15H22N2O3/c1-10(2)13(18)15(19)17(3)12-6-8-20-14(12)11-5-4-7-16-9-11/h4-5,7,9-10,12-14,18H,6,8H2,1-3H3/t12-,13-,14+/m0/s1. The lowest BCUT2D eigenvalue weighted by Gasteiger charge is -2.31. The van der Waals surface area contributed by atoms with Crippen molar-refractivity contribution in [2.24, 2.45) is 5.92 Å². The van der Waals surface area contributed by atoms with Crippen molar-refractivity contribution in [2.45, 2.75) is 38.5 Å². The van der Waals surface area contributed by atoms with Gasteiger partial charge in [-0.15, -0.1) is 0 Å². The van der Waals surface area contributed by atoms with Gasteiger partial charge in [0, 0.05) is 31.6 Å². The minimum atomic E-state index is -0.963. The van der Waals surface area contributed by atoms with Crippen LogP contribution in [-0.4, -0.2) is 46.7 Å². The number of aliphatic hydroxyl groups is 1. The van der Waals surface area contributed by atoms with Crippen LogP contribution in [-0.2, 0) is 9.53 Å². The van der Waals surface area contributed by atoms with Crippen molar-refractivity contribution in [1.29, 1.82) is 0 Å². The highest BCUT2D eigenvalue weighted by molar-refractivity contribution is 5.81. The number of rotatable bonds is 4. The van der Waals surface area contributed by atoms with Crippen molar-refractivity contribution in [3.8, 4) is 0 Å². The molecule has 0 aliphatic carbocycles. The molecule has 0 bridgehead atoms. The van der Waals surface area contributed by atoms with Gasteiger partial charge < -0.3 is 14.7 Å². The van der Waals surface area contributed by atoms with Gasteiger partial charge in [0.2, 0.25) is 0 Å². The third kappa shape index (κ3) is 2.99. The molecule has 2 heterocycles. The molecule has 1 aromatic rings. The molecule has 2 rings (SSSR count). The van der Waals surface area contributed by atoms with E-state index in [2.05, 4.69) is 4.98 Å². The predicted octanol–water partition coefficient (Wildman–Crippen LogP) is 1.39. The summed E-state index contributed by atoms with van der Waals surface area (Å²) in [4.78, 5) is 18.0. The molecule has 0 spiro atoms. The summed E-state index contributed by atoms with van der Waals surface area (Å²) in [5, 5.41) is 9.94. The van der Waals surface area contributed by atoms with E-state index in [4.69, 9.17) is 4.74 Å². The Morgan fingerprint density at radius 3 is 2.90 bits per heavy atom. The summed E-state index contributed by atoms with van der Waals surface area (Å²) in [6.07, 6.45) is 3.12. The van der Waals surface area contributed by atoms with Gasteiger partial charge in [0.15, 0.2) is 0 Å². The fourth-order valence-corrected chi connectivity index (χ4v) is 2.49. The molecule has 1 fully saturated rings. The first kappa shape index (κ1) is 14.9. The number of aliphatic hydroxyl groups excluding tert-OH is 1. The molecule has 1 aromatic heterocycles. The van der Waals surface area contributed by atoms with Gasteiger partial charge in [0.05, 0.1) is 6.04 Å². The third-order valence-corrected chi connectivity index (χ3v) is 3.80. The van der Waals surface area contributed by atoms with Gasteiger partial charge in [-0.05, 0) is 18.4 Å². The molecule has 1 saturated heterocycles. The number of ether oxygens (including phenoxy) is 1. The van der Waals surface area contributed by atoms with E-state index >= 15 is 0 Å². The van der Waals surface area contributed by atoms with Crippen molar-refractivity contribution < 1.29 is 14.6 Å². The van der Waals surface area contributed by atoms with Gasteiger partial charge in [-0.3, -0.25) is 9.78 Å². The Kier molecular flexibility index (Phi) is 4.73. The Balaban J connectivity index is 2.13. The Labute approximate surface area is 119 Å². The number of carbonyl (C=O) groups excluding carboxylic acids is 1. The van der Waals surface area contributed by atoms with E-state index in [1.807, 2.05) is 26.0 Å². The lowest BCUT2D eigenvalue weighted by Crippen LogP contribution is -2.45. The number of hydrogen-bond acceptors (Lipinski definition) is 4. The zero-order valence-electron chi connectivity index (χ0n) is 12.2. The van der Waals surface area contributed by atoms with E-state index < -0.39 is 6.10 Å². The molecule has 0 saturated carbocycles. The van der Waals surface area contributed by atoms with Gasteiger partial charge in [-0.25, -0.2) is 0 Å². The summed E-state index contributed by atoms with van der Waals surface area (Å²) < 4.78 is 5.75. The summed E-state index contributed by atoms with van der Waals surface area (Å²) >= 11 is 0. The fourth-order valence-electron chi connectivity index (χ4n) is 2.49. The molecule has 110 valence electrons. The van der Waals surface area contributed by atoms with E-state index in [0.29, 0.717) is 6.61 Å². The number of hydrogen-bond donors (Lipinski definition) is 1. The molecule has 0 radical (unpaired) electrons. The molecule has 3 atom stereocenters. The molecule has 20 heavy (non-hydrogen) atoms. The van der Waals surface area contributed by atoms with Crippen molar-refractivity contribution in [3.63, 3.8) is 0 Å². The second-order valence-electron chi connectivity index (χ2n) is 5.57. The van der Waals surface area contributed by atoms with Crippen LogP contribution in [0.1, 0.15) is 31.9 Å². The van der Waals surface area contributed by atoms with Crippen LogP contribution in [0.4, 0.5) is 0 Å². The maximum atomic E-state index is 12.3. The average molecular weight is 278 g/mol. The molecule has 1 N–H and O–H groups in total. The molecule has 0 unspecified atom stereocenters. The van der Waals surface area contributed by atoms with Crippen molar-refractivity contribution >= 4 is 5.91 Å². The van der Waals surface area contributed by atoms with Gasteiger partial charge in [-0.1, -0.05) is 19.9 Å². The first-order valence-corrected chi connectivity index (χ1v) is 6.98. The highest BCUT2D eigenvalue weighted by Gasteiger charge is 2.37. The number of aromatic nitrogens is 1. The van der Waals surface area contributed by atoms with Crippen LogP contribution in [0.2, 0.25) is 0 Å². The predicted molar refractivity (Wildman–Crippen MR) is 74.9 cm³/mol. The average Bonchev–Trinajstić information content (AvgIpc) is 2.95. The van der Waals surface area contributed by atoms with Crippen LogP contribution in [0.5, 0.6) is 0 Å². The zero-order valence-corrected chi connectivity index (χ0v) is 12.2. The van der Waals surface area contributed by atoms with Crippen LogP contribution in [0, 0.1) is 5.92 Å². The summed E-state index contributed by atoms with van der Waals surface area (Å²) in [5.74, 6) is -0.339. The van der Waals surface area contributed by atoms with Gasteiger partial charge >= 0.3 is 0 Å². The van der Waals surface area contributed by atoms with Crippen LogP contribution in [0.15, 0.2) is 24.5 Å². The Morgan fingerprint density at radius 2 is 2.30 bits per heavy atom. The van der Waals surface area contributed by atoms with Gasteiger partial charge in [-0.2, -0.15) is 0 Å². The number of amides is 1. The minimum Gasteiger partial charge on any atom is -0.383 e. The smallest absolute Gasteiger partial charge is 0.251 e. The van der Waals surface area contributed by atoms with E-state index in [1.165, 1.54) is 0 Å². The maximum Gasteiger partial charge on any atom is 0.251 e. The lowest BCUT2D eigenvalue weighted by molar-refractivity contribution is -0.144. The van der Waals surface area contributed by atoms with Crippen molar-refractivity contribution in [3.05, 3.63) is 30.1 Å². The zero-order chi connectivity index (χ0) is 14.7. The van der Waals surface area contributed by atoms with Gasteiger partial charge in [0.25, 0.3) is 5.91 Å². The molecule has 5 nitrogen and oxygen atoms in total. The first-order valence-electron chi connectivity index (χ1n) is 6.98. The summed E-state index contributed by atoms with van der Waals surface area (Å²) in [6.45, 7) is 4.28. The fraction of sp³-hybridized carbons (Fsp3) is 0.600. The van der Waals surface area contributed by atoms with Crippen LogP contribution in [0.25, 0.3) is 0 Å². The molecular weight excluding hydrogens is 256 g/mol. The monoisotopic (exact) mass is 278 g/mol. The van der Waals surface area contributed by atoms with E-state index in [0.717, 1.165) is 12.0 Å². The quantitative estimate of drug-likeness (QED) is 0.904. The molecule has 1 aliphatic rings. The normalized spacial score (nSPS) is 23.9. The topological polar surface area (TPSA) is 62.7 Å². The van der Waals surface area contributed by atoms with Crippen LogP contribution >= 0.6 is 0 Å². The Hall–Kier alpha value is -1.46. The second-order valence-corrected chi connectivity index (χ2v) is 5.57. The summed E-state index contributed by atoms with van der Waals surface area (Å²) in [6, 6.07) is 3.76. The molecule has 1 aliphatic heterocycles. The molecule has 5 heteroatoms. The number of carbonyl (C=O) groups is 1. The van der Waals surface area contributed by atoms with E-state index in [1.54, 1.807) is 24.3 Å². The highest BCUT2D eigenvalue weighted by Crippen LogP contribution is 2.32. The van der Waals surface area contributed by atoms with Gasteiger partial charge in [0.1, 0.15) is 12.2 Å². The van der Waals surface area contributed by atoms with E-state index in [-0.39, 0.29) is 24.0 Å². The number of pyridine rings is 1. The summed E-state index contributed by atoms with van der Waals surface area (Å²) in [7, 11) is 1.73. The van der Waals surface area contributed by atoms with Crippen molar-refractivity contribution in [2.75, 3.05) is 13.7 Å². The molecular formula is C15H22N2O3. The molecule has 1 amide bonds. The Morgan fingerprint density at radius 1 is 1.55 bits per heavy atom. The highest BCUT2D eigenvalue weighted by atomic mass is 16.5. The van der Waals surface area contributed by atoms with Crippen molar-refractivity contribution in [1.82, 2.24) is 9.88 Å². The number of likely N-dealkylation sites (N-methyl/N-ethyl adjacent to an activating group) is 1. The molecule has 0 aromatic carbocycles. The lowest BCUT2D eigenvalue weighted by atomic mass is 10.0. The SMILES string of the molecule is CC(C)[C@H](O)C(=O)N(C)[C@H]1CCO[C@@H]1c1cccnc1. The summed E-state index contributed by atoms with van der Waals surface area (Å²) in [5.41, 5.74) is 0.966. The maximum absolute atomic E-state index is 12.3. The minimum absolute atomic E-state index is 0.0555. The Bertz CT molecular complexity index is 450. The van der Waals surface area contributed by atoms with E-state index in [9.17, 15) is 9.90 Å². The number of nitrogens with zero attached hydrogens (tertiary/aromatic N) is 2. The largest absolute Gasteiger partial charge is 0.383 e.